The first-order valence-corrected chi connectivity index (χ1v) is 8.30. The summed E-state index contributed by atoms with van der Waals surface area (Å²) in [5.41, 5.74) is -0.563. The number of aromatic nitrogens is 4. The van der Waals surface area contributed by atoms with Gasteiger partial charge in [-0.3, -0.25) is 4.79 Å². The lowest BCUT2D eigenvalue weighted by molar-refractivity contribution is -0.152. The molecule has 0 spiro atoms. The number of hydrogen-bond acceptors (Lipinski definition) is 7. The number of rotatable bonds is 6. The highest BCUT2D eigenvalue weighted by Gasteiger charge is 2.43. The highest BCUT2D eigenvalue weighted by Crippen LogP contribution is 2.38. The number of hydrogen-bond donors (Lipinski definition) is 1. The van der Waals surface area contributed by atoms with Crippen molar-refractivity contribution >= 4 is 17.7 Å². The van der Waals surface area contributed by atoms with Gasteiger partial charge in [-0.2, -0.15) is 0 Å². The Morgan fingerprint density at radius 3 is 3.00 bits per heavy atom. The van der Waals surface area contributed by atoms with Crippen LogP contribution >= 0.6 is 11.8 Å². The zero-order valence-corrected chi connectivity index (χ0v) is 13.7. The Morgan fingerprint density at radius 2 is 2.38 bits per heavy atom. The molecule has 8 heteroatoms. The minimum Gasteiger partial charge on any atom is -0.465 e. The van der Waals surface area contributed by atoms with Crippen LogP contribution in [0.3, 0.4) is 0 Å². The standard InChI is InChI=1S/C13H23N5O2S/c1-4-14-13(11(19)20-5-2)8-6-7-10(9-13)21-12-15-16-17-18(12)3/h10,14H,4-9H2,1-3H3. The van der Waals surface area contributed by atoms with Crippen LogP contribution in [0.15, 0.2) is 5.16 Å². The fourth-order valence-electron chi connectivity index (χ4n) is 2.82. The van der Waals surface area contributed by atoms with Crippen LogP contribution < -0.4 is 5.32 Å². The summed E-state index contributed by atoms with van der Waals surface area (Å²) in [7, 11) is 1.83. The van der Waals surface area contributed by atoms with Crippen LogP contribution in [0, 0.1) is 0 Å². The van der Waals surface area contributed by atoms with Gasteiger partial charge < -0.3 is 10.1 Å². The number of carbonyl (C=O) groups excluding carboxylic acids is 1. The average Bonchev–Trinajstić information content (AvgIpc) is 2.85. The molecule has 1 aromatic heterocycles. The second-order valence-electron chi connectivity index (χ2n) is 5.25. The van der Waals surface area contributed by atoms with Crippen LogP contribution in [0.5, 0.6) is 0 Å². The van der Waals surface area contributed by atoms with E-state index in [0.29, 0.717) is 11.9 Å². The smallest absolute Gasteiger partial charge is 0.326 e. The van der Waals surface area contributed by atoms with Gasteiger partial charge in [-0.05, 0) is 49.6 Å². The molecule has 0 bridgehead atoms. The van der Waals surface area contributed by atoms with Crippen LogP contribution in [0.25, 0.3) is 0 Å². The molecular weight excluding hydrogens is 290 g/mol. The zero-order chi connectivity index (χ0) is 15.3. The fraction of sp³-hybridized carbons (Fsp3) is 0.846. The van der Waals surface area contributed by atoms with Gasteiger partial charge in [0.1, 0.15) is 5.54 Å². The molecule has 0 aliphatic heterocycles. The summed E-state index contributed by atoms with van der Waals surface area (Å²) in [5.74, 6) is -0.131. The first kappa shape index (κ1) is 16.2. The van der Waals surface area contributed by atoms with Gasteiger partial charge in [0.05, 0.1) is 6.61 Å². The number of nitrogens with zero attached hydrogens (tertiary/aromatic N) is 4. The molecule has 1 aliphatic rings. The van der Waals surface area contributed by atoms with E-state index in [9.17, 15) is 4.79 Å². The molecule has 7 nitrogen and oxygen atoms in total. The number of esters is 1. The van der Waals surface area contributed by atoms with E-state index in [0.717, 1.165) is 37.4 Å². The fourth-order valence-corrected chi connectivity index (χ4v) is 4.04. The number of nitrogens with one attached hydrogen (secondary N) is 1. The zero-order valence-electron chi connectivity index (χ0n) is 12.8. The lowest BCUT2D eigenvalue weighted by Gasteiger charge is -2.38. The van der Waals surface area contributed by atoms with E-state index in [4.69, 9.17) is 4.74 Å². The molecule has 0 radical (unpaired) electrons. The number of ether oxygens (including phenoxy) is 1. The molecule has 1 aliphatic carbocycles. The number of thioether (sulfide) groups is 1. The molecule has 1 N–H and O–H groups in total. The van der Waals surface area contributed by atoms with E-state index in [-0.39, 0.29) is 5.97 Å². The lowest BCUT2D eigenvalue weighted by atomic mass is 9.81. The molecule has 2 unspecified atom stereocenters. The molecule has 0 saturated heterocycles. The maximum atomic E-state index is 12.4. The maximum Gasteiger partial charge on any atom is 0.326 e. The first-order valence-electron chi connectivity index (χ1n) is 7.42. The summed E-state index contributed by atoms with van der Waals surface area (Å²) >= 11 is 1.64. The Hall–Kier alpha value is -1.15. The first-order chi connectivity index (χ1) is 10.1. The van der Waals surface area contributed by atoms with Gasteiger partial charge in [-0.1, -0.05) is 18.7 Å². The molecule has 1 fully saturated rings. The molecule has 21 heavy (non-hydrogen) atoms. The summed E-state index contributed by atoms with van der Waals surface area (Å²) in [6, 6.07) is 0. The van der Waals surface area contributed by atoms with Crippen molar-refractivity contribution in [3.05, 3.63) is 0 Å². The van der Waals surface area contributed by atoms with E-state index in [1.165, 1.54) is 0 Å². The van der Waals surface area contributed by atoms with Gasteiger partial charge in [0, 0.05) is 12.3 Å². The highest BCUT2D eigenvalue weighted by atomic mass is 32.2. The summed E-state index contributed by atoms with van der Waals surface area (Å²) in [6.45, 7) is 5.03. The van der Waals surface area contributed by atoms with Gasteiger partial charge >= 0.3 is 5.97 Å². The van der Waals surface area contributed by atoms with Crippen molar-refractivity contribution in [2.45, 2.75) is 55.5 Å². The topological polar surface area (TPSA) is 81.9 Å². The minimum absolute atomic E-state index is 0.131. The van der Waals surface area contributed by atoms with E-state index < -0.39 is 5.54 Å². The van der Waals surface area contributed by atoms with Crippen LogP contribution in [-0.2, 0) is 16.6 Å². The van der Waals surface area contributed by atoms with Crippen molar-refractivity contribution in [2.75, 3.05) is 13.2 Å². The van der Waals surface area contributed by atoms with Gasteiger partial charge in [0.2, 0.25) is 5.16 Å². The number of carbonyl (C=O) groups is 1. The quantitative estimate of drug-likeness (QED) is 0.789. The van der Waals surface area contributed by atoms with Gasteiger partial charge in [0.25, 0.3) is 0 Å². The molecule has 2 atom stereocenters. The van der Waals surface area contributed by atoms with Crippen molar-refractivity contribution in [3.63, 3.8) is 0 Å². The van der Waals surface area contributed by atoms with Gasteiger partial charge in [-0.25, -0.2) is 4.68 Å². The third-order valence-electron chi connectivity index (χ3n) is 3.74. The molecule has 2 rings (SSSR count). The normalized spacial score (nSPS) is 25.8. The van der Waals surface area contributed by atoms with Crippen LogP contribution in [-0.4, -0.2) is 50.1 Å². The molecule has 1 heterocycles. The summed E-state index contributed by atoms with van der Waals surface area (Å²) in [6.07, 6.45) is 3.63. The Kier molecular flexibility index (Phi) is 5.58. The molecular formula is C13H23N5O2S. The number of likely N-dealkylation sites (N-methyl/N-ethyl adjacent to an activating group) is 1. The largest absolute Gasteiger partial charge is 0.465 e. The van der Waals surface area contributed by atoms with Crippen molar-refractivity contribution in [2.24, 2.45) is 7.05 Å². The van der Waals surface area contributed by atoms with Crippen molar-refractivity contribution < 1.29 is 9.53 Å². The molecule has 0 aromatic carbocycles. The summed E-state index contributed by atoms with van der Waals surface area (Å²) in [5, 5.41) is 16.0. The second-order valence-corrected chi connectivity index (χ2v) is 6.52. The summed E-state index contributed by atoms with van der Waals surface area (Å²) in [4.78, 5) is 12.4. The molecule has 118 valence electrons. The van der Waals surface area contributed by atoms with Gasteiger partial charge in [-0.15, -0.1) is 5.10 Å². The lowest BCUT2D eigenvalue weighted by Crippen LogP contribution is -2.56. The van der Waals surface area contributed by atoms with E-state index in [1.54, 1.807) is 16.4 Å². The highest BCUT2D eigenvalue weighted by molar-refractivity contribution is 7.99. The second kappa shape index (κ2) is 7.22. The Bertz CT molecular complexity index is 477. The van der Waals surface area contributed by atoms with Crippen LogP contribution in [0.1, 0.15) is 39.5 Å². The monoisotopic (exact) mass is 313 g/mol. The van der Waals surface area contributed by atoms with E-state index in [1.807, 2.05) is 20.9 Å². The van der Waals surface area contributed by atoms with Crippen LogP contribution in [0.2, 0.25) is 0 Å². The van der Waals surface area contributed by atoms with Crippen molar-refractivity contribution in [1.82, 2.24) is 25.5 Å². The predicted octanol–water partition coefficient (Wildman–Crippen LogP) is 1.16. The Labute approximate surface area is 129 Å². The van der Waals surface area contributed by atoms with E-state index in [2.05, 4.69) is 20.8 Å². The third kappa shape index (κ3) is 3.74. The third-order valence-corrected chi connectivity index (χ3v) is 5.03. The van der Waals surface area contributed by atoms with E-state index >= 15 is 0 Å². The number of tetrazole rings is 1. The van der Waals surface area contributed by atoms with Crippen molar-refractivity contribution in [1.29, 1.82) is 0 Å². The Morgan fingerprint density at radius 1 is 1.57 bits per heavy atom. The minimum atomic E-state index is -0.563. The van der Waals surface area contributed by atoms with Gasteiger partial charge in [0.15, 0.2) is 0 Å². The molecule has 1 aromatic rings. The predicted molar refractivity (Wildman–Crippen MR) is 80.0 cm³/mol. The van der Waals surface area contributed by atoms with Crippen molar-refractivity contribution in [3.8, 4) is 0 Å². The molecule has 0 amide bonds. The maximum absolute atomic E-state index is 12.4. The van der Waals surface area contributed by atoms with Crippen LogP contribution in [0.4, 0.5) is 0 Å². The summed E-state index contributed by atoms with van der Waals surface area (Å²) < 4.78 is 6.95. The average molecular weight is 313 g/mol. The molecule has 1 saturated carbocycles. The number of aryl methyl sites for hydroxylation is 1. The SMILES string of the molecule is CCNC1(C(=O)OCC)CCCC(Sc2nnnn2C)C1. The Balaban J connectivity index is 2.09.